The van der Waals surface area contributed by atoms with E-state index in [-0.39, 0.29) is 5.56 Å². The van der Waals surface area contributed by atoms with Gasteiger partial charge in [0.05, 0.1) is 5.56 Å². The van der Waals surface area contributed by atoms with E-state index in [1.54, 1.807) is 6.92 Å². The van der Waals surface area contributed by atoms with E-state index in [0.29, 0.717) is 23.8 Å². The molecule has 0 radical (unpaired) electrons. The van der Waals surface area contributed by atoms with Gasteiger partial charge in [0.25, 0.3) is 5.91 Å². The van der Waals surface area contributed by atoms with E-state index in [1.807, 2.05) is 0 Å². The highest BCUT2D eigenvalue weighted by Gasteiger charge is 2.27. The number of rotatable bonds is 6. The molecule has 1 aromatic rings. The van der Waals surface area contributed by atoms with Gasteiger partial charge in [-0.05, 0) is 44.0 Å². The van der Waals surface area contributed by atoms with Crippen molar-refractivity contribution in [3.8, 4) is 0 Å². The van der Waals surface area contributed by atoms with Gasteiger partial charge >= 0.3 is 0 Å². The molecule has 1 fully saturated rings. The monoisotopic (exact) mass is 279 g/mol. The highest BCUT2D eigenvalue weighted by molar-refractivity contribution is 5.95. The molecule has 0 unspecified atom stereocenters. The minimum Gasteiger partial charge on any atom is -0.399 e. The lowest BCUT2D eigenvalue weighted by atomic mass is 10.1. The Labute approximate surface area is 119 Å². The Kier molecular flexibility index (Phi) is 4.60. The standard InChI is InChI=1S/C15H22FN3O/c1-3-19(12-4-5-12)7-6-18-15(20)13-9-11(17)8-10(2)14(13)16/h8-9,12H,3-7,17H2,1-2H3,(H,18,20). The molecule has 110 valence electrons. The zero-order valence-corrected chi connectivity index (χ0v) is 12.1. The van der Waals surface area contributed by atoms with Crippen LogP contribution in [-0.2, 0) is 0 Å². The summed E-state index contributed by atoms with van der Waals surface area (Å²) in [6.07, 6.45) is 2.48. The van der Waals surface area contributed by atoms with Gasteiger partial charge in [-0.2, -0.15) is 0 Å². The number of amides is 1. The molecule has 0 spiro atoms. The van der Waals surface area contributed by atoms with Gasteiger partial charge < -0.3 is 11.1 Å². The average molecular weight is 279 g/mol. The number of carbonyl (C=O) groups is 1. The second kappa shape index (κ2) is 6.22. The van der Waals surface area contributed by atoms with Crippen LogP contribution in [0.4, 0.5) is 10.1 Å². The van der Waals surface area contributed by atoms with Gasteiger partial charge in [0, 0.05) is 24.8 Å². The molecule has 1 amide bonds. The summed E-state index contributed by atoms with van der Waals surface area (Å²) in [5.41, 5.74) is 6.48. The lowest BCUT2D eigenvalue weighted by Gasteiger charge is -2.19. The van der Waals surface area contributed by atoms with E-state index in [9.17, 15) is 9.18 Å². The van der Waals surface area contributed by atoms with E-state index in [2.05, 4.69) is 17.1 Å². The molecular formula is C15H22FN3O. The minimum atomic E-state index is -0.494. The number of hydrogen-bond donors (Lipinski definition) is 2. The molecule has 4 nitrogen and oxygen atoms in total. The van der Waals surface area contributed by atoms with E-state index in [4.69, 9.17) is 5.73 Å². The van der Waals surface area contributed by atoms with Gasteiger partial charge in [-0.25, -0.2) is 4.39 Å². The number of likely N-dealkylation sites (N-methyl/N-ethyl adjacent to an activating group) is 1. The van der Waals surface area contributed by atoms with Crippen LogP contribution in [0.15, 0.2) is 12.1 Å². The summed E-state index contributed by atoms with van der Waals surface area (Å²) in [4.78, 5) is 14.3. The summed E-state index contributed by atoms with van der Waals surface area (Å²) in [6.45, 7) is 6.02. The number of halogens is 1. The van der Waals surface area contributed by atoms with Crippen molar-refractivity contribution in [1.29, 1.82) is 0 Å². The maximum absolute atomic E-state index is 13.9. The first-order valence-corrected chi connectivity index (χ1v) is 7.10. The number of carbonyl (C=O) groups excluding carboxylic acids is 1. The van der Waals surface area contributed by atoms with Gasteiger partial charge in [-0.1, -0.05) is 6.92 Å². The molecular weight excluding hydrogens is 257 g/mol. The fourth-order valence-electron chi connectivity index (χ4n) is 2.41. The number of nitrogens with one attached hydrogen (secondary N) is 1. The van der Waals surface area contributed by atoms with Gasteiger partial charge in [-0.15, -0.1) is 0 Å². The predicted molar refractivity (Wildman–Crippen MR) is 78.2 cm³/mol. The lowest BCUT2D eigenvalue weighted by molar-refractivity contribution is 0.0944. The molecule has 5 heteroatoms. The van der Waals surface area contributed by atoms with E-state index >= 15 is 0 Å². The number of benzene rings is 1. The van der Waals surface area contributed by atoms with Crippen molar-refractivity contribution >= 4 is 11.6 Å². The Bertz CT molecular complexity index is 500. The van der Waals surface area contributed by atoms with Crippen LogP contribution >= 0.6 is 0 Å². The quantitative estimate of drug-likeness (QED) is 0.782. The molecule has 0 aromatic heterocycles. The van der Waals surface area contributed by atoms with Crippen LogP contribution in [0.1, 0.15) is 35.7 Å². The Morgan fingerprint density at radius 3 is 2.80 bits per heavy atom. The summed E-state index contributed by atoms with van der Waals surface area (Å²) < 4.78 is 13.9. The molecule has 0 aliphatic heterocycles. The molecule has 0 heterocycles. The smallest absolute Gasteiger partial charge is 0.254 e. The zero-order chi connectivity index (χ0) is 14.7. The zero-order valence-electron chi connectivity index (χ0n) is 12.1. The van der Waals surface area contributed by atoms with Gasteiger partial charge in [0.15, 0.2) is 0 Å². The van der Waals surface area contributed by atoms with Crippen LogP contribution in [0.25, 0.3) is 0 Å². The van der Waals surface area contributed by atoms with Crippen molar-refractivity contribution < 1.29 is 9.18 Å². The van der Waals surface area contributed by atoms with Crippen LogP contribution in [0, 0.1) is 12.7 Å². The molecule has 0 bridgehead atoms. The minimum absolute atomic E-state index is 0.0250. The highest BCUT2D eigenvalue weighted by atomic mass is 19.1. The molecule has 0 saturated heterocycles. The average Bonchev–Trinajstić information content (AvgIpc) is 3.23. The Morgan fingerprint density at radius 1 is 1.50 bits per heavy atom. The van der Waals surface area contributed by atoms with Crippen molar-refractivity contribution in [3.05, 3.63) is 29.1 Å². The van der Waals surface area contributed by atoms with Crippen molar-refractivity contribution in [2.75, 3.05) is 25.4 Å². The number of anilines is 1. The topological polar surface area (TPSA) is 58.4 Å². The SMILES string of the molecule is CCN(CCNC(=O)c1cc(N)cc(C)c1F)C1CC1. The third kappa shape index (κ3) is 3.48. The number of nitrogens with zero attached hydrogens (tertiary/aromatic N) is 1. The first-order chi connectivity index (χ1) is 9.52. The Hall–Kier alpha value is -1.62. The highest BCUT2D eigenvalue weighted by Crippen LogP contribution is 2.25. The first kappa shape index (κ1) is 14.8. The molecule has 1 aliphatic rings. The molecule has 3 N–H and O–H groups in total. The van der Waals surface area contributed by atoms with Crippen molar-refractivity contribution in [2.24, 2.45) is 0 Å². The van der Waals surface area contributed by atoms with E-state index < -0.39 is 11.7 Å². The molecule has 1 saturated carbocycles. The summed E-state index contributed by atoms with van der Waals surface area (Å²) in [6, 6.07) is 3.58. The van der Waals surface area contributed by atoms with Crippen LogP contribution in [-0.4, -0.2) is 36.5 Å². The largest absolute Gasteiger partial charge is 0.399 e. The van der Waals surface area contributed by atoms with Crippen molar-refractivity contribution in [1.82, 2.24) is 10.2 Å². The number of nitrogens with two attached hydrogens (primary N) is 1. The maximum Gasteiger partial charge on any atom is 0.254 e. The number of aryl methyl sites for hydroxylation is 1. The molecule has 0 atom stereocenters. The van der Waals surface area contributed by atoms with Gasteiger partial charge in [-0.3, -0.25) is 9.69 Å². The van der Waals surface area contributed by atoms with Gasteiger partial charge in [0.1, 0.15) is 5.82 Å². The maximum atomic E-state index is 13.9. The number of nitrogen functional groups attached to an aromatic ring is 1. The van der Waals surface area contributed by atoms with Gasteiger partial charge in [0.2, 0.25) is 0 Å². The second-order valence-electron chi connectivity index (χ2n) is 5.32. The van der Waals surface area contributed by atoms with Crippen LogP contribution in [0.5, 0.6) is 0 Å². The summed E-state index contributed by atoms with van der Waals surface area (Å²) >= 11 is 0. The predicted octanol–water partition coefficient (Wildman–Crippen LogP) is 1.93. The van der Waals surface area contributed by atoms with E-state index in [0.717, 1.165) is 13.1 Å². The summed E-state index contributed by atoms with van der Waals surface area (Å²) in [5, 5.41) is 2.77. The fraction of sp³-hybridized carbons (Fsp3) is 0.533. The van der Waals surface area contributed by atoms with Crippen LogP contribution in [0.3, 0.4) is 0 Å². The number of hydrogen-bond acceptors (Lipinski definition) is 3. The Morgan fingerprint density at radius 2 is 2.20 bits per heavy atom. The fourth-order valence-corrected chi connectivity index (χ4v) is 2.41. The summed E-state index contributed by atoms with van der Waals surface area (Å²) in [7, 11) is 0. The van der Waals surface area contributed by atoms with Crippen molar-refractivity contribution in [3.63, 3.8) is 0 Å². The molecule has 20 heavy (non-hydrogen) atoms. The Balaban J connectivity index is 1.91. The van der Waals surface area contributed by atoms with Crippen LogP contribution in [0.2, 0.25) is 0 Å². The first-order valence-electron chi connectivity index (χ1n) is 7.10. The lowest BCUT2D eigenvalue weighted by Crippen LogP contribution is -2.36. The third-order valence-electron chi connectivity index (χ3n) is 3.68. The third-order valence-corrected chi connectivity index (χ3v) is 3.68. The second-order valence-corrected chi connectivity index (χ2v) is 5.32. The molecule has 1 aliphatic carbocycles. The molecule has 1 aromatic carbocycles. The molecule has 2 rings (SSSR count). The van der Waals surface area contributed by atoms with Crippen molar-refractivity contribution in [2.45, 2.75) is 32.7 Å². The van der Waals surface area contributed by atoms with E-state index in [1.165, 1.54) is 25.0 Å². The summed E-state index contributed by atoms with van der Waals surface area (Å²) in [5.74, 6) is -0.893. The normalized spacial score (nSPS) is 14.6. The van der Waals surface area contributed by atoms with Crippen LogP contribution < -0.4 is 11.1 Å².